The van der Waals surface area contributed by atoms with Crippen LogP contribution in [0.5, 0.6) is 0 Å². The highest BCUT2D eigenvalue weighted by Crippen LogP contribution is 2.33. The zero-order chi connectivity index (χ0) is 17.3. The van der Waals surface area contributed by atoms with E-state index in [2.05, 4.69) is 15.6 Å². The molecule has 24 heavy (non-hydrogen) atoms. The second kappa shape index (κ2) is 6.45. The molecule has 1 aliphatic rings. The molecule has 3 rings (SSSR count). The van der Waals surface area contributed by atoms with Crippen LogP contribution in [0.3, 0.4) is 0 Å². The van der Waals surface area contributed by atoms with Crippen LogP contribution < -0.4 is 10.6 Å². The minimum atomic E-state index is -1.12. The van der Waals surface area contributed by atoms with Crippen LogP contribution in [0.2, 0.25) is 5.02 Å². The van der Waals surface area contributed by atoms with Gasteiger partial charge in [0.25, 0.3) is 5.91 Å². The molecule has 1 unspecified atom stereocenters. The summed E-state index contributed by atoms with van der Waals surface area (Å²) in [6, 6.07) is 3.52. The number of carbonyl (C=O) groups is 2. The van der Waals surface area contributed by atoms with Crippen molar-refractivity contribution in [2.24, 2.45) is 0 Å². The first kappa shape index (κ1) is 16.2. The number of hydrogen-bond acceptors (Lipinski definition) is 3. The molecule has 6 nitrogen and oxygen atoms in total. The summed E-state index contributed by atoms with van der Waals surface area (Å²) in [4.78, 5) is 27.3. The molecule has 0 saturated heterocycles. The van der Waals surface area contributed by atoms with Gasteiger partial charge in [-0.05, 0) is 42.2 Å². The predicted octanol–water partition coefficient (Wildman–Crippen LogP) is 3.38. The molecule has 1 aromatic carbocycles. The number of amides is 2. The molecule has 0 radical (unpaired) electrons. The monoisotopic (exact) mass is 349 g/mol. The van der Waals surface area contributed by atoms with E-state index in [1.807, 2.05) is 0 Å². The molecule has 1 atom stereocenters. The van der Waals surface area contributed by atoms with Gasteiger partial charge in [0.2, 0.25) is 0 Å². The quantitative estimate of drug-likeness (QED) is 0.792. The Bertz CT molecular complexity index is 828. The van der Waals surface area contributed by atoms with E-state index >= 15 is 0 Å². The Morgan fingerprint density at radius 2 is 2.12 bits per heavy atom. The first-order valence-electron chi connectivity index (χ1n) is 7.18. The Labute approximate surface area is 141 Å². The van der Waals surface area contributed by atoms with Crippen molar-refractivity contribution in [2.45, 2.75) is 18.9 Å². The zero-order valence-corrected chi connectivity index (χ0v) is 13.1. The van der Waals surface area contributed by atoms with Gasteiger partial charge in [-0.1, -0.05) is 11.6 Å². The zero-order valence-electron chi connectivity index (χ0n) is 12.3. The molecule has 0 fully saturated rings. The Kier molecular flexibility index (Phi) is 4.35. The number of pyridine rings is 1. The van der Waals surface area contributed by atoms with Crippen LogP contribution in [0.1, 0.15) is 33.9 Å². The lowest BCUT2D eigenvalue weighted by molar-refractivity contribution is 0.102. The summed E-state index contributed by atoms with van der Waals surface area (Å²) in [7, 11) is 0. The van der Waals surface area contributed by atoms with Crippen molar-refractivity contribution in [1.82, 2.24) is 10.3 Å². The summed E-state index contributed by atoms with van der Waals surface area (Å²) in [6.45, 7) is 0. The van der Waals surface area contributed by atoms with Crippen LogP contribution in [0.15, 0.2) is 30.6 Å². The second-order valence-corrected chi connectivity index (χ2v) is 5.79. The van der Waals surface area contributed by atoms with Gasteiger partial charge in [-0.15, -0.1) is 0 Å². The molecule has 2 amide bonds. The van der Waals surface area contributed by atoms with Gasteiger partial charge in [0.05, 0.1) is 16.6 Å². The van der Waals surface area contributed by atoms with Gasteiger partial charge in [0.1, 0.15) is 5.82 Å². The van der Waals surface area contributed by atoms with Crippen LogP contribution in [0, 0.1) is 5.82 Å². The topological polar surface area (TPSA) is 91.3 Å². The maximum Gasteiger partial charge on any atom is 0.405 e. The van der Waals surface area contributed by atoms with E-state index in [9.17, 15) is 14.0 Å². The highest BCUT2D eigenvalue weighted by atomic mass is 35.5. The number of anilines is 1. The van der Waals surface area contributed by atoms with Crippen molar-refractivity contribution in [3.63, 3.8) is 0 Å². The van der Waals surface area contributed by atoms with E-state index in [1.165, 1.54) is 24.4 Å². The minimum Gasteiger partial charge on any atom is -0.465 e. The first-order chi connectivity index (χ1) is 11.5. The Hall–Kier alpha value is -2.67. The third-order valence-corrected chi connectivity index (χ3v) is 4.16. The summed E-state index contributed by atoms with van der Waals surface area (Å²) in [5.74, 6) is -0.975. The van der Waals surface area contributed by atoms with Crippen molar-refractivity contribution in [2.75, 3.05) is 5.32 Å². The second-order valence-electron chi connectivity index (χ2n) is 5.38. The van der Waals surface area contributed by atoms with Gasteiger partial charge in [0.15, 0.2) is 0 Å². The lowest BCUT2D eigenvalue weighted by atomic mass is 10.1. The number of nitrogens with zero attached hydrogens (tertiary/aromatic N) is 1. The van der Waals surface area contributed by atoms with Gasteiger partial charge in [-0.25, -0.2) is 9.18 Å². The lowest BCUT2D eigenvalue weighted by Crippen LogP contribution is -2.25. The van der Waals surface area contributed by atoms with E-state index in [1.54, 1.807) is 6.20 Å². The average Bonchev–Trinajstić information content (AvgIpc) is 2.93. The van der Waals surface area contributed by atoms with Crippen LogP contribution in [-0.2, 0) is 6.42 Å². The third-order valence-electron chi connectivity index (χ3n) is 3.87. The molecule has 1 aromatic heterocycles. The maximum absolute atomic E-state index is 13.2. The fourth-order valence-electron chi connectivity index (χ4n) is 2.79. The van der Waals surface area contributed by atoms with Crippen molar-refractivity contribution in [3.8, 4) is 0 Å². The molecule has 1 heterocycles. The van der Waals surface area contributed by atoms with E-state index < -0.39 is 17.8 Å². The van der Waals surface area contributed by atoms with Crippen molar-refractivity contribution < 1.29 is 19.1 Å². The Balaban J connectivity index is 1.85. The molecule has 0 bridgehead atoms. The number of halogens is 2. The number of carboxylic acid groups (broad SMARTS) is 1. The predicted molar refractivity (Wildman–Crippen MR) is 85.8 cm³/mol. The molecule has 1 aliphatic carbocycles. The fraction of sp³-hybridized carbons (Fsp3) is 0.188. The minimum absolute atomic E-state index is 0.0880. The lowest BCUT2D eigenvalue weighted by Gasteiger charge is -2.12. The van der Waals surface area contributed by atoms with E-state index in [4.69, 9.17) is 16.7 Å². The third kappa shape index (κ3) is 3.16. The molecule has 2 aromatic rings. The van der Waals surface area contributed by atoms with Gasteiger partial charge in [0, 0.05) is 18.1 Å². The average molecular weight is 350 g/mol. The largest absolute Gasteiger partial charge is 0.465 e. The van der Waals surface area contributed by atoms with Crippen molar-refractivity contribution >= 4 is 29.3 Å². The van der Waals surface area contributed by atoms with E-state index in [0.29, 0.717) is 29.7 Å². The number of nitrogens with one attached hydrogen (secondary N) is 2. The standard InChI is InChI=1S/C16H13ClFN3O3/c17-12-5-8(1-3-13(12)18)20-15(22)11-7-19-6-10-9(11)2-4-14(10)21-16(23)24/h1,3,5-7,14,21H,2,4H2,(H,20,22)(H,23,24). The SMILES string of the molecule is O=C(O)NC1CCc2c(C(=O)Nc3ccc(F)c(Cl)c3)cncc21. The fourth-order valence-corrected chi connectivity index (χ4v) is 2.97. The molecule has 3 N–H and O–H groups in total. The summed E-state index contributed by atoms with van der Waals surface area (Å²) in [5.41, 5.74) is 2.18. The molecule has 0 saturated carbocycles. The van der Waals surface area contributed by atoms with Crippen LogP contribution in [-0.4, -0.2) is 22.1 Å². The summed E-state index contributed by atoms with van der Waals surface area (Å²) >= 11 is 5.70. The van der Waals surface area contributed by atoms with Gasteiger partial charge >= 0.3 is 6.09 Å². The first-order valence-corrected chi connectivity index (χ1v) is 7.56. The summed E-state index contributed by atoms with van der Waals surface area (Å²) in [6.07, 6.45) is 3.01. The van der Waals surface area contributed by atoms with Crippen LogP contribution >= 0.6 is 11.6 Å². The van der Waals surface area contributed by atoms with Crippen molar-refractivity contribution in [3.05, 3.63) is 58.1 Å². The van der Waals surface area contributed by atoms with Gasteiger partial charge in [-0.3, -0.25) is 9.78 Å². The van der Waals surface area contributed by atoms with Gasteiger partial charge < -0.3 is 15.7 Å². The van der Waals surface area contributed by atoms with E-state index in [-0.39, 0.29) is 11.1 Å². The van der Waals surface area contributed by atoms with Crippen LogP contribution in [0.4, 0.5) is 14.9 Å². The number of benzene rings is 1. The van der Waals surface area contributed by atoms with Crippen LogP contribution in [0.25, 0.3) is 0 Å². The molecule has 8 heteroatoms. The highest BCUT2D eigenvalue weighted by molar-refractivity contribution is 6.31. The number of rotatable bonds is 3. The molecule has 0 aliphatic heterocycles. The maximum atomic E-state index is 13.2. The van der Waals surface area contributed by atoms with Gasteiger partial charge in [-0.2, -0.15) is 0 Å². The van der Waals surface area contributed by atoms with E-state index in [0.717, 1.165) is 5.56 Å². The number of fused-ring (bicyclic) bond motifs is 1. The highest BCUT2D eigenvalue weighted by Gasteiger charge is 2.28. The molecular formula is C16H13ClFN3O3. The summed E-state index contributed by atoms with van der Waals surface area (Å²) < 4.78 is 13.2. The Morgan fingerprint density at radius 1 is 1.33 bits per heavy atom. The number of hydrogen-bond donors (Lipinski definition) is 3. The summed E-state index contributed by atoms with van der Waals surface area (Å²) in [5, 5.41) is 13.8. The number of carbonyl (C=O) groups excluding carboxylic acids is 1. The number of aromatic nitrogens is 1. The molecule has 124 valence electrons. The smallest absolute Gasteiger partial charge is 0.405 e. The molecular weight excluding hydrogens is 337 g/mol. The van der Waals surface area contributed by atoms with Crippen molar-refractivity contribution in [1.29, 1.82) is 0 Å². The Morgan fingerprint density at radius 3 is 2.83 bits per heavy atom. The normalized spacial score (nSPS) is 15.7. The molecule has 0 spiro atoms.